The standard InChI is InChI=1S/C14H15ClN2OS/c15-11-2-1-7(13(16)19)6-12(11)17-14(18)10-4-8-3-9(8)5-10/h1-2,6,8-10H,3-5H2,(H2,16,19)(H,17,18). The van der Waals surface area contributed by atoms with Crippen LogP contribution in [0.3, 0.4) is 0 Å². The minimum atomic E-state index is 0.0641. The van der Waals surface area contributed by atoms with Gasteiger partial charge >= 0.3 is 0 Å². The predicted octanol–water partition coefficient (Wildman–Crippen LogP) is 2.96. The lowest BCUT2D eigenvalue weighted by Gasteiger charge is -2.14. The molecule has 5 heteroatoms. The van der Waals surface area contributed by atoms with Gasteiger partial charge in [0.2, 0.25) is 5.91 Å². The van der Waals surface area contributed by atoms with E-state index in [1.807, 2.05) is 0 Å². The molecule has 0 heterocycles. The fraction of sp³-hybridized carbons (Fsp3) is 0.429. The van der Waals surface area contributed by atoms with Crippen molar-refractivity contribution < 1.29 is 4.79 Å². The fourth-order valence-electron chi connectivity index (χ4n) is 2.94. The maximum absolute atomic E-state index is 12.2. The van der Waals surface area contributed by atoms with Crippen molar-refractivity contribution >= 4 is 40.4 Å². The van der Waals surface area contributed by atoms with Crippen molar-refractivity contribution in [2.75, 3.05) is 5.32 Å². The molecule has 0 aliphatic heterocycles. The van der Waals surface area contributed by atoms with Gasteiger partial charge in [-0.05, 0) is 43.2 Å². The molecule has 1 amide bonds. The SMILES string of the molecule is NC(=S)c1ccc(Cl)c(NC(=O)C2CC3CC3C2)c1. The second-order valence-corrected chi connectivity index (χ2v) is 6.32. The monoisotopic (exact) mass is 294 g/mol. The molecule has 0 bridgehead atoms. The maximum atomic E-state index is 12.2. The summed E-state index contributed by atoms with van der Waals surface area (Å²) in [6.45, 7) is 0. The molecule has 3 rings (SSSR count). The minimum Gasteiger partial charge on any atom is -0.389 e. The molecular weight excluding hydrogens is 280 g/mol. The third kappa shape index (κ3) is 2.60. The lowest BCUT2D eigenvalue weighted by atomic mass is 10.0. The smallest absolute Gasteiger partial charge is 0.227 e. The van der Waals surface area contributed by atoms with Crippen LogP contribution in [0, 0.1) is 17.8 Å². The molecule has 2 unspecified atom stereocenters. The molecule has 3 nitrogen and oxygen atoms in total. The van der Waals surface area contributed by atoms with E-state index in [-0.39, 0.29) is 11.8 Å². The summed E-state index contributed by atoms with van der Waals surface area (Å²) >= 11 is 11.0. The Kier molecular flexibility index (Phi) is 3.23. The summed E-state index contributed by atoms with van der Waals surface area (Å²) in [5.41, 5.74) is 6.89. The number of fused-ring (bicyclic) bond motifs is 1. The van der Waals surface area contributed by atoms with Crippen molar-refractivity contribution in [3.63, 3.8) is 0 Å². The van der Waals surface area contributed by atoms with Crippen molar-refractivity contribution in [1.29, 1.82) is 0 Å². The van der Waals surface area contributed by atoms with Gasteiger partial charge in [0, 0.05) is 11.5 Å². The topological polar surface area (TPSA) is 55.1 Å². The zero-order valence-corrected chi connectivity index (χ0v) is 11.9. The zero-order valence-electron chi connectivity index (χ0n) is 10.4. The first-order valence-electron chi connectivity index (χ1n) is 6.45. The van der Waals surface area contributed by atoms with Crippen LogP contribution in [0.2, 0.25) is 5.02 Å². The molecule has 2 aliphatic rings. The number of hydrogen-bond acceptors (Lipinski definition) is 2. The van der Waals surface area contributed by atoms with Gasteiger partial charge < -0.3 is 11.1 Å². The third-order valence-electron chi connectivity index (χ3n) is 4.12. The van der Waals surface area contributed by atoms with Crippen LogP contribution in [0.1, 0.15) is 24.8 Å². The van der Waals surface area contributed by atoms with E-state index in [1.54, 1.807) is 18.2 Å². The molecule has 100 valence electrons. The lowest BCUT2D eigenvalue weighted by Crippen LogP contribution is -2.22. The van der Waals surface area contributed by atoms with Crippen LogP contribution in [0.4, 0.5) is 5.69 Å². The van der Waals surface area contributed by atoms with Crippen LogP contribution >= 0.6 is 23.8 Å². The number of benzene rings is 1. The zero-order chi connectivity index (χ0) is 13.6. The molecule has 0 spiro atoms. The highest BCUT2D eigenvalue weighted by molar-refractivity contribution is 7.80. The largest absolute Gasteiger partial charge is 0.389 e. The average molecular weight is 295 g/mol. The van der Waals surface area contributed by atoms with Crippen molar-refractivity contribution in [1.82, 2.24) is 0 Å². The number of nitrogens with two attached hydrogens (primary N) is 1. The van der Waals surface area contributed by atoms with Gasteiger partial charge in [-0.25, -0.2) is 0 Å². The molecule has 2 atom stereocenters. The van der Waals surface area contributed by atoms with Gasteiger partial charge in [0.25, 0.3) is 0 Å². The van der Waals surface area contributed by atoms with Gasteiger partial charge in [0.15, 0.2) is 0 Å². The van der Waals surface area contributed by atoms with Gasteiger partial charge in [0.05, 0.1) is 10.7 Å². The number of carbonyl (C=O) groups excluding carboxylic acids is 1. The van der Waals surface area contributed by atoms with E-state index >= 15 is 0 Å². The van der Waals surface area contributed by atoms with E-state index < -0.39 is 0 Å². The predicted molar refractivity (Wildman–Crippen MR) is 80.3 cm³/mol. The second kappa shape index (κ2) is 4.76. The highest BCUT2D eigenvalue weighted by Crippen LogP contribution is 2.54. The van der Waals surface area contributed by atoms with Crippen molar-refractivity contribution in [2.45, 2.75) is 19.3 Å². The first-order valence-corrected chi connectivity index (χ1v) is 7.23. The Labute approximate surface area is 122 Å². The Bertz CT molecular complexity index is 550. The highest BCUT2D eigenvalue weighted by Gasteiger charge is 2.48. The summed E-state index contributed by atoms with van der Waals surface area (Å²) in [4.78, 5) is 12.5. The Morgan fingerprint density at radius 1 is 1.32 bits per heavy atom. The van der Waals surface area contributed by atoms with Crippen LogP contribution < -0.4 is 11.1 Å². The van der Waals surface area contributed by atoms with Gasteiger partial charge in [-0.15, -0.1) is 0 Å². The van der Waals surface area contributed by atoms with Crippen LogP contribution in [0.5, 0.6) is 0 Å². The minimum absolute atomic E-state index is 0.0641. The normalized spacial score (nSPS) is 27.7. The maximum Gasteiger partial charge on any atom is 0.227 e. The van der Waals surface area contributed by atoms with Gasteiger partial charge in [-0.1, -0.05) is 29.9 Å². The number of hydrogen-bond donors (Lipinski definition) is 2. The Balaban J connectivity index is 1.73. The molecule has 0 radical (unpaired) electrons. The summed E-state index contributed by atoms with van der Waals surface area (Å²) in [6.07, 6.45) is 3.34. The van der Waals surface area contributed by atoms with E-state index in [4.69, 9.17) is 29.6 Å². The fourth-order valence-corrected chi connectivity index (χ4v) is 3.23. The number of carbonyl (C=O) groups is 1. The number of thiocarbonyl (C=S) groups is 1. The summed E-state index contributed by atoms with van der Waals surface area (Å²) < 4.78 is 0. The molecule has 2 aliphatic carbocycles. The van der Waals surface area contributed by atoms with E-state index in [0.717, 1.165) is 24.7 Å². The molecule has 0 aromatic heterocycles. The number of anilines is 1. The first kappa shape index (κ1) is 12.9. The Morgan fingerprint density at radius 3 is 2.63 bits per heavy atom. The lowest BCUT2D eigenvalue weighted by molar-refractivity contribution is -0.120. The highest BCUT2D eigenvalue weighted by atomic mass is 35.5. The average Bonchev–Trinajstić information content (AvgIpc) is 2.98. The van der Waals surface area contributed by atoms with E-state index in [2.05, 4.69) is 5.32 Å². The molecule has 3 N–H and O–H groups in total. The van der Waals surface area contributed by atoms with Crippen LogP contribution in [0.25, 0.3) is 0 Å². The van der Waals surface area contributed by atoms with Crippen molar-refractivity contribution in [3.8, 4) is 0 Å². The Morgan fingerprint density at radius 2 is 2.00 bits per heavy atom. The summed E-state index contributed by atoms with van der Waals surface area (Å²) in [5, 5.41) is 3.41. The summed E-state index contributed by atoms with van der Waals surface area (Å²) in [7, 11) is 0. The van der Waals surface area contributed by atoms with Gasteiger partial charge in [-0.2, -0.15) is 0 Å². The van der Waals surface area contributed by atoms with Crippen LogP contribution in [0.15, 0.2) is 18.2 Å². The number of nitrogens with one attached hydrogen (secondary N) is 1. The van der Waals surface area contributed by atoms with Crippen LogP contribution in [-0.4, -0.2) is 10.9 Å². The molecular formula is C14H15ClN2OS. The van der Waals surface area contributed by atoms with Crippen molar-refractivity contribution in [2.24, 2.45) is 23.5 Å². The Hall–Kier alpha value is -1.13. The number of amides is 1. The summed E-state index contributed by atoms with van der Waals surface area (Å²) in [5.74, 6) is 1.77. The third-order valence-corrected chi connectivity index (χ3v) is 4.69. The second-order valence-electron chi connectivity index (χ2n) is 5.47. The van der Waals surface area contributed by atoms with Crippen LogP contribution in [-0.2, 0) is 4.79 Å². The van der Waals surface area contributed by atoms with Gasteiger partial charge in [0.1, 0.15) is 4.99 Å². The van der Waals surface area contributed by atoms with E-state index in [9.17, 15) is 4.79 Å². The summed E-state index contributed by atoms with van der Waals surface area (Å²) in [6, 6.07) is 5.20. The first-order chi connectivity index (χ1) is 9.04. The van der Waals surface area contributed by atoms with Crippen molar-refractivity contribution in [3.05, 3.63) is 28.8 Å². The molecule has 1 aromatic carbocycles. The number of halogens is 1. The molecule has 2 saturated carbocycles. The molecule has 0 saturated heterocycles. The quantitative estimate of drug-likeness (QED) is 0.843. The number of rotatable bonds is 3. The van der Waals surface area contributed by atoms with E-state index in [0.29, 0.717) is 21.3 Å². The molecule has 1 aromatic rings. The molecule has 2 fully saturated rings. The van der Waals surface area contributed by atoms with Gasteiger partial charge in [-0.3, -0.25) is 4.79 Å². The van der Waals surface area contributed by atoms with E-state index in [1.165, 1.54) is 6.42 Å². The molecule has 19 heavy (non-hydrogen) atoms.